The minimum Gasteiger partial charge on any atom is -0.507 e. The van der Waals surface area contributed by atoms with Crippen molar-refractivity contribution >= 4 is 27.7 Å². The predicted molar refractivity (Wildman–Crippen MR) is 84.9 cm³/mol. The van der Waals surface area contributed by atoms with Crippen molar-refractivity contribution in [3.63, 3.8) is 0 Å². The van der Waals surface area contributed by atoms with Crippen LogP contribution < -0.4 is 9.47 Å². The number of thioether (sulfide) groups is 1. The highest BCUT2D eigenvalue weighted by atomic mass is 79.9. The normalized spacial score (nSPS) is 10.3. The van der Waals surface area contributed by atoms with Crippen LogP contribution in [0.15, 0.2) is 45.8 Å². The zero-order valence-electron chi connectivity index (χ0n) is 11.2. The molecule has 0 heterocycles. The molecular formula is C15H15BrO3S. The molecule has 0 radical (unpaired) electrons. The maximum absolute atomic E-state index is 9.78. The fourth-order valence-corrected chi connectivity index (χ4v) is 3.18. The molecule has 0 fully saturated rings. The lowest BCUT2D eigenvalue weighted by atomic mass is 10.2. The van der Waals surface area contributed by atoms with Gasteiger partial charge in [-0.1, -0.05) is 12.1 Å². The summed E-state index contributed by atoms with van der Waals surface area (Å²) in [7, 11) is 3.27. The Morgan fingerprint density at radius 3 is 2.45 bits per heavy atom. The van der Waals surface area contributed by atoms with Crippen molar-refractivity contribution in [2.45, 2.75) is 10.6 Å². The lowest BCUT2D eigenvalue weighted by Crippen LogP contribution is -1.93. The third kappa shape index (κ3) is 3.41. The zero-order valence-corrected chi connectivity index (χ0v) is 13.6. The smallest absolute Gasteiger partial charge is 0.133 e. The predicted octanol–water partition coefficient (Wildman–Crippen LogP) is 4.46. The van der Waals surface area contributed by atoms with Gasteiger partial charge in [0.2, 0.25) is 0 Å². The van der Waals surface area contributed by atoms with Gasteiger partial charge in [-0.05, 0) is 40.2 Å². The summed E-state index contributed by atoms with van der Waals surface area (Å²) in [6.07, 6.45) is 0. The second-order valence-electron chi connectivity index (χ2n) is 4.06. The largest absolute Gasteiger partial charge is 0.507 e. The highest BCUT2D eigenvalue weighted by molar-refractivity contribution is 9.10. The summed E-state index contributed by atoms with van der Waals surface area (Å²) in [4.78, 5) is 0.844. The van der Waals surface area contributed by atoms with E-state index in [4.69, 9.17) is 9.47 Å². The summed E-state index contributed by atoms with van der Waals surface area (Å²) in [5.74, 6) is 2.53. The first kappa shape index (κ1) is 15.1. The number of hydrogen-bond acceptors (Lipinski definition) is 4. The van der Waals surface area contributed by atoms with Crippen molar-refractivity contribution < 1.29 is 14.6 Å². The summed E-state index contributed by atoms with van der Waals surface area (Å²) >= 11 is 4.99. The number of rotatable bonds is 5. The molecule has 106 valence electrons. The van der Waals surface area contributed by atoms with Gasteiger partial charge in [0.25, 0.3) is 0 Å². The number of halogens is 1. The molecule has 0 aliphatic heterocycles. The topological polar surface area (TPSA) is 38.7 Å². The first-order valence-electron chi connectivity index (χ1n) is 5.97. The van der Waals surface area contributed by atoms with Crippen molar-refractivity contribution in [3.8, 4) is 17.2 Å². The van der Waals surface area contributed by atoms with Gasteiger partial charge in [0.15, 0.2) is 0 Å². The standard InChI is InChI=1S/C15H15BrO3S/c1-18-13-8-11(16)14(19-2)7-10(13)9-20-15-6-4-3-5-12(15)17/h3-8,17H,9H2,1-2H3. The summed E-state index contributed by atoms with van der Waals surface area (Å²) in [6.45, 7) is 0. The fourth-order valence-electron chi connectivity index (χ4n) is 1.77. The Morgan fingerprint density at radius 1 is 1.10 bits per heavy atom. The van der Waals surface area contributed by atoms with Gasteiger partial charge in [0.1, 0.15) is 17.2 Å². The minimum absolute atomic E-state index is 0.292. The fraction of sp³-hybridized carbons (Fsp3) is 0.200. The monoisotopic (exact) mass is 354 g/mol. The van der Waals surface area contributed by atoms with Crippen molar-refractivity contribution in [1.82, 2.24) is 0 Å². The van der Waals surface area contributed by atoms with Crippen molar-refractivity contribution in [1.29, 1.82) is 0 Å². The van der Waals surface area contributed by atoms with Crippen LogP contribution in [-0.2, 0) is 5.75 Å². The molecule has 1 N–H and O–H groups in total. The van der Waals surface area contributed by atoms with Crippen LogP contribution >= 0.6 is 27.7 Å². The van der Waals surface area contributed by atoms with Crippen LogP contribution in [0.2, 0.25) is 0 Å². The average Bonchev–Trinajstić information content (AvgIpc) is 2.47. The van der Waals surface area contributed by atoms with Crippen LogP contribution in [0.5, 0.6) is 17.2 Å². The molecule has 0 saturated heterocycles. The molecule has 0 unspecified atom stereocenters. The third-order valence-electron chi connectivity index (χ3n) is 2.80. The molecule has 3 nitrogen and oxygen atoms in total. The molecule has 2 rings (SSSR count). The van der Waals surface area contributed by atoms with Crippen LogP contribution in [0.3, 0.4) is 0 Å². The lowest BCUT2D eigenvalue weighted by Gasteiger charge is -2.12. The molecule has 2 aromatic rings. The van der Waals surface area contributed by atoms with E-state index in [0.29, 0.717) is 11.5 Å². The van der Waals surface area contributed by atoms with Gasteiger partial charge >= 0.3 is 0 Å². The molecule has 0 aromatic heterocycles. The number of ether oxygens (including phenoxy) is 2. The van der Waals surface area contributed by atoms with Crippen molar-refractivity contribution in [2.24, 2.45) is 0 Å². The van der Waals surface area contributed by atoms with Gasteiger partial charge in [-0.25, -0.2) is 0 Å². The van der Waals surface area contributed by atoms with E-state index in [0.717, 1.165) is 26.4 Å². The Morgan fingerprint density at radius 2 is 1.80 bits per heavy atom. The van der Waals surface area contributed by atoms with Crippen LogP contribution in [-0.4, -0.2) is 19.3 Å². The second-order valence-corrected chi connectivity index (χ2v) is 5.93. The highest BCUT2D eigenvalue weighted by Gasteiger charge is 2.11. The number of benzene rings is 2. The number of hydrogen-bond donors (Lipinski definition) is 1. The molecule has 2 aromatic carbocycles. The summed E-state index contributed by atoms with van der Waals surface area (Å²) in [6, 6.07) is 11.1. The van der Waals surface area contributed by atoms with E-state index in [-0.39, 0.29) is 0 Å². The third-order valence-corrected chi connectivity index (χ3v) is 4.53. The van der Waals surface area contributed by atoms with Gasteiger partial charge in [0.05, 0.1) is 18.7 Å². The highest BCUT2D eigenvalue weighted by Crippen LogP contribution is 2.37. The van der Waals surface area contributed by atoms with Gasteiger partial charge in [-0.3, -0.25) is 0 Å². The lowest BCUT2D eigenvalue weighted by molar-refractivity contribution is 0.398. The maximum atomic E-state index is 9.78. The van der Waals surface area contributed by atoms with Crippen molar-refractivity contribution in [2.75, 3.05) is 14.2 Å². The molecule has 0 spiro atoms. The van der Waals surface area contributed by atoms with E-state index in [1.165, 1.54) is 0 Å². The Labute approximate surface area is 131 Å². The molecule has 0 atom stereocenters. The Balaban J connectivity index is 2.22. The van der Waals surface area contributed by atoms with E-state index in [2.05, 4.69) is 15.9 Å². The molecule has 20 heavy (non-hydrogen) atoms. The molecule has 0 aliphatic rings. The van der Waals surface area contributed by atoms with Gasteiger partial charge in [-0.15, -0.1) is 11.8 Å². The quantitative estimate of drug-likeness (QED) is 0.804. The number of methoxy groups -OCH3 is 2. The van der Waals surface area contributed by atoms with E-state index >= 15 is 0 Å². The van der Waals surface area contributed by atoms with E-state index in [1.807, 2.05) is 30.3 Å². The minimum atomic E-state index is 0.292. The number of para-hydroxylation sites is 1. The molecule has 5 heteroatoms. The average molecular weight is 355 g/mol. The summed E-state index contributed by atoms with van der Waals surface area (Å²) in [5.41, 5.74) is 1.01. The molecular weight excluding hydrogens is 340 g/mol. The maximum Gasteiger partial charge on any atom is 0.133 e. The van der Waals surface area contributed by atoms with Gasteiger partial charge in [-0.2, -0.15) is 0 Å². The number of phenolic OH excluding ortho intramolecular Hbond substituents is 1. The van der Waals surface area contributed by atoms with Crippen molar-refractivity contribution in [3.05, 3.63) is 46.4 Å². The van der Waals surface area contributed by atoms with E-state index in [9.17, 15) is 5.11 Å². The summed E-state index contributed by atoms with van der Waals surface area (Å²) in [5, 5.41) is 9.78. The molecule has 0 bridgehead atoms. The molecule has 0 amide bonds. The summed E-state index contributed by atoms with van der Waals surface area (Å²) < 4.78 is 11.5. The second kappa shape index (κ2) is 6.90. The Kier molecular flexibility index (Phi) is 5.20. The van der Waals surface area contributed by atoms with E-state index < -0.39 is 0 Å². The molecule has 0 aliphatic carbocycles. The van der Waals surface area contributed by atoms with Gasteiger partial charge in [0, 0.05) is 16.2 Å². The number of phenols is 1. The Bertz CT molecular complexity index is 602. The zero-order chi connectivity index (χ0) is 14.5. The van der Waals surface area contributed by atoms with Crippen LogP contribution in [0.25, 0.3) is 0 Å². The molecule has 0 saturated carbocycles. The van der Waals surface area contributed by atoms with Crippen LogP contribution in [0.1, 0.15) is 5.56 Å². The van der Waals surface area contributed by atoms with Gasteiger partial charge < -0.3 is 14.6 Å². The van der Waals surface area contributed by atoms with Crippen LogP contribution in [0, 0.1) is 0 Å². The number of aromatic hydroxyl groups is 1. The van der Waals surface area contributed by atoms with E-state index in [1.54, 1.807) is 32.0 Å². The van der Waals surface area contributed by atoms with Crippen LogP contribution in [0.4, 0.5) is 0 Å². The first-order valence-corrected chi connectivity index (χ1v) is 7.74. The Hall–Kier alpha value is -1.33. The first-order chi connectivity index (χ1) is 9.65. The SMILES string of the molecule is COc1cc(CSc2ccccc2O)c(OC)cc1Br.